The molecule has 0 aromatic heterocycles. The molecule has 4 saturated carbocycles. The molecule has 4 fully saturated rings. The van der Waals surface area contributed by atoms with Gasteiger partial charge in [0.15, 0.2) is 0 Å². The van der Waals surface area contributed by atoms with Crippen molar-refractivity contribution in [1.82, 2.24) is 0 Å². The van der Waals surface area contributed by atoms with Crippen LogP contribution in [-0.4, -0.2) is 7.11 Å². The summed E-state index contributed by atoms with van der Waals surface area (Å²) < 4.78 is 6.00. The molecule has 1 nitrogen and oxygen atoms in total. The average Bonchev–Trinajstić information content (AvgIpc) is 2.50. The summed E-state index contributed by atoms with van der Waals surface area (Å²) in [7, 11) is 1.91. The third-order valence-electron chi connectivity index (χ3n) is 7.22. The lowest BCUT2D eigenvalue weighted by molar-refractivity contribution is -0.0820. The molecule has 0 heterocycles. The summed E-state index contributed by atoms with van der Waals surface area (Å²) in [4.78, 5) is 0. The van der Waals surface area contributed by atoms with E-state index in [4.69, 9.17) is 4.74 Å². The molecule has 4 aliphatic rings. The fourth-order valence-electron chi connectivity index (χ4n) is 6.47. The Labute approximate surface area is 148 Å². The Morgan fingerprint density at radius 3 is 1.88 bits per heavy atom. The molecule has 0 spiro atoms. The maximum Gasteiger partial charge on any atom is 0.0826 e. The van der Waals surface area contributed by atoms with Crippen LogP contribution in [0.25, 0.3) is 0 Å². The highest BCUT2D eigenvalue weighted by molar-refractivity contribution is 5.29. The molecular weight excluding hydrogens is 292 g/mol. The molecule has 0 aliphatic heterocycles. The van der Waals surface area contributed by atoms with Crippen molar-refractivity contribution < 1.29 is 4.74 Å². The lowest BCUT2D eigenvalue weighted by atomic mass is 9.48. The monoisotopic (exact) mass is 326 g/mol. The van der Waals surface area contributed by atoms with Gasteiger partial charge in [-0.1, -0.05) is 45.0 Å². The Hall–Kier alpha value is -0.820. The van der Waals surface area contributed by atoms with E-state index < -0.39 is 0 Å². The van der Waals surface area contributed by atoms with Crippen LogP contribution in [0, 0.1) is 23.2 Å². The van der Waals surface area contributed by atoms with Gasteiger partial charge >= 0.3 is 0 Å². The fourth-order valence-corrected chi connectivity index (χ4v) is 6.47. The first-order valence-electron chi connectivity index (χ1n) is 10.0. The average molecular weight is 327 g/mol. The van der Waals surface area contributed by atoms with Gasteiger partial charge in [-0.2, -0.15) is 0 Å². The molecule has 24 heavy (non-hydrogen) atoms. The highest BCUT2D eigenvalue weighted by Crippen LogP contribution is 2.62. The molecular formula is C23H34O. The van der Waals surface area contributed by atoms with E-state index in [-0.39, 0.29) is 11.5 Å². The first kappa shape index (κ1) is 16.6. The zero-order chi connectivity index (χ0) is 16.9. The van der Waals surface area contributed by atoms with Crippen molar-refractivity contribution in [2.45, 2.75) is 77.2 Å². The van der Waals surface area contributed by atoms with Gasteiger partial charge in [0.05, 0.1) is 6.10 Å². The van der Waals surface area contributed by atoms with E-state index in [1.807, 2.05) is 7.11 Å². The molecule has 0 radical (unpaired) electrons. The topological polar surface area (TPSA) is 9.23 Å². The molecule has 4 bridgehead atoms. The van der Waals surface area contributed by atoms with E-state index in [0.717, 1.165) is 17.8 Å². The summed E-state index contributed by atoms with van der Waals surface area (Å²) in [5.41, 5.74) is 3.59. The maximum atomic E-state index is 6.00. The molecule has 1 atom stereocenters. The van der Waals surface area contributed by atoms with Gasteiger partial charge in [-0.15, -0.1) is 0 Å². The molecule has 5 rings (SSSR count). The molecule has 1 aromatic rings. The molecule has 0 amide bonds. The number of hydrogen-bond acceptors (Lipinski definition) is 1. The number of rotatable bonds is 4. The van der Waals surface area contributed by atoms with Crippen LogP contribution >= 0.6 is 0 Å². The smallest absolute Gasteiger partial charge is 0.0826 e. The molecule has 1 heteroatoms. The zero-order valence-corrected chi connectivity index (χ0v) is 16.0. The van der Waals surface area contributed by atoms with E-state index in [2.05, 4.69) is 45.0 Å². The second kappa shape index (κ2) is 5.87. The van der Waals surface area contributed by atoms with Gasteiger partial charge in [-0.05, 0) is 84.7 Å². The van der Waals surface area contributed by atoms with Crippen molar-refractivity contribution in [3.05, 3.63) is 35.4 Å². The summed E-state index contributed by atoms with van der Waals surface area (Å²) in [5.74, 6) is 3.08. The standard InChI is InChI=1S/C23H34O/c1-22(2,3)20-7-5-19(6-8-20)21(24-4)15-23-12-16-9-17(13-23)11-18(10-16)14-23/h5-8,16-18,21H,9-15H2,1-4H3/t16?,17?,18?,21-,23?/m0/s1. The van der Waals surface area contributed by atoms with Crippen LogP contribution < -0.4 is 0 Å². The van der Waals surface area contributed by atoms with Crippen LogP contribution in [0.4, 0.5) is 0 Å². The lowest BCUT2D eigenvalue weighted by Crippen LogP contribution is -2.46. The van der Waals surface area contributed by atoms with Gasteiger partial charge in [0.2, 0.25) is 0 Å². The van der Waals surface area contributed by atoms with Crippen molar-refractivity contribution in [2.75, 3.05) is 7.11 Å². The number of benzene rings is 1. The molecule has 0 saturated heterocycles. The van der Waals surface area contributed by atoms with E-state index in [1.54, 1.807) is 0 Å². The lowest BCUT2D eigenvalue weighted by Gasteiger charge is -2.57. The minimum Gasteiger partial charge on any atom is -0.377 e. The van der Waals surface area contributed by atoms with Gasteiger partial charge in [0, 0.05) is 7.11 Å². The predicted octanol–water partition coefficient (Wildman–Crippen LogP) is 6.28. The Morgan fingerprint density at radius 1 is 0.958 bits per heavy atom. The molecule has 0 unspecified atom stereocenters. The van der Waals surface area contributed by atoms with Crippen molar-refractivity contribution in [1.29, 1.82) is 0 Å². The summed E-state index contributed by atoms with van der Waals surface area (Å²) in [5, 5.41) is 0. The largest absolute Gasteiger partial charge is 0.377 e. The quantitative estimate of drug-likeness (QED) is 0.633. The number of hydrogen-bond donors (Lipinski definition) is 0. The normalized spacial score (nSPS) is 36.1. The number of ether oxygens (including phenoxy) is 1. The first-order chi connectivity index (χ1) is 11.4. The van der Waals surface area contributed by atoms with Crippen LogP contribution in [0.3, 0.4) is 0 Å². The summed E-state index contributed by atoms with van der Waals surface area (Å²) in [6.07, 6.45) is 10.5. The van der Waals surface area contributed by atoms with Gasteiger partial charge in [0.1, 0.15) is 0 Å². The van der Waals surface area contributed by atoms with Gasteiger partial charge in [-0.25, -0.2) is 0 Å². The van der Waals surface area contributed by atoms with Gasteiger partial charge < -0.3 is 4.74 Å². The Balaban J connectivity index is 1.52. The fraction of sp³-hybridized carbons (Fsp3) is 0.739. The minimum atomic E-state index is 0.223. The van der Waals surface area contributed by atoms with Crippen molar-refractivity contribution in [2.24, 2.45) is 23.2 Å². The third-order valence-corrected chi connectivity index (χ3v) is 7.22. The van der Waals surface area contributed by atoms with Crippen LogP contribution in [0.1, 0.15) is 82.9 Å². The third kappa shape index (κ3) is 3.05. The second-order valence-electron chi connectivity index (χ2n) is 10.2. The molecule has 0 N–H and O–H groups in total. The molecule has 1 aromatic carbocycles. The summed E-state index contributed by atoms with van der Waals surface area (Å²) in [6.45, 7) is 6.85. The Morgan fingerprint density at radius 2 is 1.46 bits per heavy atom. The second-order valence-corrected chi connectivity index (χ2v) is 10.2. The first-order valence-corrected chi connectivity index (χ1v) is 10.0. The van der Waals surface area contributed by atoms with Crippen LogP contribution in [0.5, 0.6) is 0 Å². The maximum absolute atomic E-state index is 6.00. The van der Waals surface area contributed by atoms with E-state index in [1.165, 1.54) is 56.1 Å². The summed E-state index contributed by atoms with van der Waals surface area (Å²) in [6, 6.07) is 9.24. The highest BCUT2D eigenvalue weighted by Gasteiger charge is 2.51. The van der Waals surface area contributed by atoms with Crippen LogP contribution in [0.15, 0.2) is 24.3 Å². The molecule has 132 valence electrons. The van der Waals surface area contributed by atoms with Crippen LogP contribution in [-0.2, 0) is 10.2 Å². The highest BCUT2D eigenvalue weighted by atomic mass is 16.5. The van der Waals surface area contributed by atoms with E-state index >= 15 is 0 Å². The molecule has 4 aliphatic carbocycles. The van der Waals surface area contributed by atoms with E-state index in [0.29, 0.717) is 5.41 Å². The number of methoxy groups -OCH3 is 1. The SMILES string of the molecule is CO[C@@H](CC12CC3CC(CC(C3)C1)C2)c1ccc(C(C)(C)C)cc1. The Kier molecular flexibility index (Phi) is 4.07. The van der Waals surface area contributed by atoms with Crippen molar-refractivity contribution in [3.63, 3.8) is 0 Å². The van der Waals surface area contributed by atoms with Crippen molar-refractivity contribution in [3.8, 4) is 0 Å². The zero-order valence-electron chi connectivity index (χ0n) is 16.0. The Bertz CT molecular complexity index is 542. The van der Waals surface area contributed by atoms with Crippen LogP contribution in [0.2, 0.25) is 0 Å². The van der Waals surface area contributed by atoms with Gasteiger partial charge in [0.25, 0.3) is 0 Å². The summed E-state index contributed by atoms with van der Waals surface area (Å²) >= 11 is 0. The van der Waals surface area contributed by atoms with Gasteiger partial charge in [-0.3, -0.25) is 0 Å². The van der Waals surface area contributed by atoms with Crippen molar-refractivity contribution >= 4 is 0 Å². The predicted molar refractivity (Wildman–Crippen MR) is 100 cm³/mol. The van der Waals surface area contributed by atoms with E-state index in [9.17, 15) is 0 Å². The minimum absolute atomic E-state index is 0.223.